The first kappa shape index (κ1) is 21.1. The molecule has 142 valence electrons. The number of aliphatic hydroxyl groups is 3. The number of alkyl carbamates (subject to hydrolysis) is 1. The van der Waals surface area contributed by atoms with Crippen LogP contribution in [-0.2, 0) is 23.7 Å². The van der Waals surface area contributed by atoms with Crippen molar-refractivity contribution >= 4 is 12.1 Å². The van der Waals surface area contributed by atoms with Gasteiger partial charge in [0.2, 0.25) is 0 Å². The van der Waals surface area contributed by atoms with Crippen molar-refractivity contribution in [2.75, 3.05) is 26.4 Å². The Kier molecular flexibility index (Phi) is 9.10. The van der Waals surface area contributed by atoms with Gasteiger partial charge >= 0.3 is 12.1 Å². The fourth-order valence-corrected chi connectivity index (χ4v) is 1.92. The molecule has 0 saturated carbocycles. The van der Waals surface area contributed by atoms with Gasteiger partial charge in [0.25, 0.3) is 0 Å². The van der Waals surface area contributed by atoms with Crippen LogP contribution < -0.4 is 5.32 Å². The molecule has 0 bridgehead atoms. The van der Waals surface area contributed by atoms with E-state index in [4.69, 9.17) is 24.1 Å². The Balaban J connectivity index is 2.62. The number of ether oxygens (including phenoxy) is 4. The van der Waals surface area contributed by atoms with Crippen molar-refractivity contribution in [2.45, 2.75) is 30.6 Å². The second kappa shape index (κ2) is 10.8. The Morgan fingerprint density at radius 2 is 1.80 bits per heavy atom. The predicted octanol–water partition coefficient (Wildman–Crippen LogP) is -1.55. The summed E-state index contributed by atoms with van der Waals surface area (Å²) in [5, 5.41) is 30.7. The zero-order chi connectivity index (χ0) is 18.8. The Hall–Kier alpha value is -1.98. The standard InChI is InChI=1S/C15H23NO9/c1-3-5-22-13(20)9(16-15(21)23-6-4-2)8-24-14-12(19)11(18)10(7-17)25-14/h3-4,9-12,14,17-19H,1-2,5-8H2,(H,16,21)/t9-,10-,11-,12+,14+/m0/s1. The van der Waals surface area contributed by atoms with Gasteiger partial charge in [0.15, 0.2) is 12.3 Å². The van der Waals surface area contributed by atoms with Crippen LogP contribution in [0.15, 0.2) is 25.3 Å². The van der Waals surface area contributed by atoms with Gasteiger partial charge in [-0.15, -0.1) is 0 Å². The van der Waals surface area contributed by atoms with E-state index in [0.717, 1.165) is 0 Å². The van der Waals surface area contributed by atoms with E-state index in [1.165, 1.54) is 12.2 Å². The van der Waals surface area contributed by atoms with Gasteiger partial charge in [0, 0.05) is 0 Å². The second-order valence-corrected chi connectivity index (χ2v) is 5.04. The number of hydrogen-bond donors (Lipinski definition) is 4. The molecule has 0 aromatic rings. The van der Waals surface area contributed by atoms with E-state index < -0.39 is 55.9 Å². The van der Waals surface area contributed by atoms with Crippen molar-refractivity contribution in [3.63, 3.8) is 0 Å². The summed E-state index contributed by atoms with van der Waals surface area (Å²) < 4.78 is 19.9. The molecule has 4 N–H and O–H groups in total. The first-order valence-corrected chi connectivity index (χ1v) is 7.50. The molecule has 0 spiro atoms. The van der Waals surface area contributed by atoms with Gasteiger partial charge in [-0.3, -0.25) is 0 Å². The highest BCUT2D eigenvalue weighted by molar-refractivity contribution is 5.81. The maximum atomic E-state index is 11.9. The molecule has 0 aromatic heterocycles. The highest BCUT2D eigenvalue weighted by Gasteiger charge is 2.43. The summed E-state index contributed by atoms with van der Waals surface area (Å²) in [4.78, 5) is 23.5. The first-order chi connectivity index (χ1) is 11.9. The molecule has 1 aliphatic heterocycles. The van der Waals surface area contributed by atoms with E-state index in [0.29, 0.717) is 0 Å². The summed E-state index contributed by atoms with van der Waals surface area (Å²) in [6, 6.07) is -1.25. The molecule has 0 unspecified atom stereocenters. The number of amides is 1. The van der Waals surface area contributed by atoms with Crippen LogP contribution in [0.1, 0.15) is 0 Å². The molecular weight excluding hydrogens is 338 g/mol. The van der Waals surface area contributed by atoms with Crippen LogP contribution in [0, 0.1) is 0 Å². The molecule has 1 rings (SSSR count). The van der Waals surface area contributed by atoms with E-state index in [1.807, 2.05) is 0 Å². The lowest BCUT2D eigenvalue weighted by atomic mass is 10.1. The summed E-state index contributed by atoms with van der Waals surface area (Å²) in [6.45, 7) is 5.71. The van der Waals surface area contributed by atoms with Crippen LogP contribution in [0.4, 0.5) is 4.79 Å². The number of rotatable bonds is 10. The van der Waals surface area contributed by atoms with Gasteiger partial charge in [0.1, 0.15) is 31.5 Å². The topological polar surface area (TPSA) is 144 Å². The van der Waals surface area contributed by atoms with Crippen LogP contribution in [0.5, 0.6) is 0 Å². The van der Waals surface area contributed by atoms with Gasteiger partial charge < -0.3 is 39.6 Å². The van der Waals surface area contributed by atoms with Gasteiger partial charge in [-0.1, -0.05) is 25.3 Å². The minimum atomic E-state index is -1.42. The van der Waals surface area contributed by atoms with Crippen molar-refractivity contribution in [1.82, 2.24) is 5.32 Å². The molecule has 10 heteroatoms. The average molecular weight is 361 g/mol. The molecule has 25 heavy (non-hydrogen) atoms. The summed E-state index contributed by atoms with van der Waals surface area (Å²) in [7, 11) is 0. The van der Waals surface area contributed by atoms with Crippen molar-refractivity contribution in [2.24, 2.45) is 0 Å². The van der Waals surface area contributed by atoms with Crippen LogP contribution in [0.25, 0.3) is 0 Å². The molecule has 1 fully saturated rings. The Morgan fingerprint density at radius 1 is 1.16 bits per heavy atom. The molecule has 1 amide bonds. The average Bonchev–Trinajstić information content (AvgIpc) is 2.88. The highest BCUT2D eigenvalue weighted by Crippen LogP contribution is 2.22. The minimum absolute atomic E-state index is 0.0596. The predicted molar refractivity (Wildman–Crippen MR) is 83.3 cm³/mol. The van der Waals surface area contributed by atoms with E-state index in [1.54, 1.807) is 0 Å². The number of carbonyl (C=O) groups is 2. The number of esters is 1. The SMILES string of the molecule is C=CCOC(=O)N[C@@H](CO[C@@H]1O[C@@H](CO)[C@H](O)[C@H]1O)C(=O)OCC=C. The summed E-state index contributed by atoms with van der Waals surface area (Å²) in [5.41, 5.74) is 0. The molecular formula is C15H23NO9. The second-order valence-electron chi connectivity index (χ2n) is 5.04. The molecule has 5 atom stereocenters. The van der Waals surface area contributed by atoms with Crippen molar-refractivity contribution in [3.05, 3.63) is 25.3 Å². The smallest absolute Gasteiger partial charge is 0.408 e. The molecule has 1 heterocycles. The third-order valence-corrected chi connectivity index (χ3v) is 3.18. The number of carbonyl (C=O) groups excluding carboxylic acids is 2. The number of nitrogens with one attached hydrogen (secondary N) is 1. The molecule has 1 aliphatic rings. The van der Waals surface area contributed by atoms with E-state index >= 15 is 0 Å². The van der Waals surface area contributed by atoms with Gasteiger partial charge in [0.05, 0.1) is 13.2 Å². The number of hydrogen-bond acceptors (Lipinski definition) is 9. The van der Waals surface area contributed by atoms with Crippen LogP contribution in [0.2, 0.25) is 0 Å². The zero-order valence-electron chi connectivity index (χ0n) is 13.6. The largest absolute Gasteiger partial charge is 0.460 e. The summed E-state index contributed by atoms with van der Waals surface area (Å²) >= 11 is 0. The Bertz CT molecular complexity index is 470. The Labute approximate surface area is 144 Å². The molecule has 0 aromatic carbocycles. The fraction of sp³-hybridized carbons (Fsp3) is 0.600. The van der Waals surface area contributed by atoms with Crippen LogP contribution in [0.3, 0.4) is 0 Å². The van der Waals surface area contributed by atoms with Crippen molar-refractivity contribution < 1.29 is 43.9 Å². The maximum Gasteiger partial charge on any atom is 0.408 e. The highest BCUT2D eigenvalue weighted by atomic mass is 16.7. The van der Waals surface area contributed by atoms with Gasteiger partial charge in [-0.25, -0.2) is 9.59 Å². The van der Waals surface area contributed by atoms with E-state index in [2.05, 4.69) is 18.5 Å². The normalized spacial score (nSPS) is 26.5. The lowest BCUT2D eigenvalue weighted by molar-refractivity contribution is -0.178. The maximum absolute atomic E-state index is 11.9. The quantitative estimate of drug-likeness (QED) is 0.268. The molecule has 10 nitrogen and oxygen atoms in total. The van der Waals surface area contributed by atoms with Crippen LogP contribution >= 0.6 is 0 Å². The molecule has 1 saturated heterocycles. The number of aliphatic hydroxyl groups excluding tert-OH is 3. The lowest BCUT2D eigenvalue weighted by Gasteiger charge is -2.21. The minimum Gasteiger partial charge on any atom is -0.460 e. The molecule has 0 radical (unpaired) electrons. The lowest BCUT2D eigenvalue weighted by Crippen LogP contribution is -2.46. The van der Waals surface area contributed by atoms with Gasteiger partial charge in [-0.2, -0.15) is 0 Å². The van der Waals surface area contributed by atoms with Gasteiger partial charge in [-0.05, 0) is 0 Å². The summed E-state index contributed by atoms with van der Waals surface area (Å²) in [6.07, 6.45) is -3.27. The zero-order valence-corrected chi connectivity index (χ0v) is 13.6. The molecule has 0 aliphatic carbocycles. The summed E-state index contributed by atoms with van der Waals surface area (Å²) in [5.74, 6) is -0.817. The van der Waals surface area contributed by atoms with Crippen molar-refractivity contribution in [1.29, 1.82) is 0 Å². The first-order valence-electron chi connectivity index (χ1n) is 7.50. The Morgan fingerprint density at radius 3 is 2.36 bits per heavy atom. The third kappa shape index (κ3) is 6.44. The van der Waals surface area contributed by atoms with E-state index in [9.17, 15) is 19.8 Å². The fourth-order valence-electron chi connectivity index (χ4n) is 1.92. The monoisotopic (exact) mass is 361 g/mol. The van der Waals surface area contributed by atoms with Crippen LogP contribution in [-0.4, -0.2) is 84.5 Å². The third-order valence-electron chi connectivity index (χ3n) is 3.18. The van der Waals surface area contributed by atoms with E-state index in [-0.39, 0.29) is 13.2 Å². The van der Waals surface area contributed by atoms with Crippen molar-refractivity contribution in [3.8, 4) is 0 Å².